The molecule has 1 aromatic carbocycles. The molecule has 2 aliphatic heterocycles. The lowest BCUT2D eigenvalue weighted by atomic mass is 9.51. The van der Waals surface area contributed by atoms with Crippen LogP contribution in [0.1, 0.15) is 114 Å². The van der Waals surface area contributed by atoms with Gasteiger partial charge in [-0.15, -0.1) is 0 Å². The van der Waals surface area contributed by atoms with Gasteiger partial charge in [-0.05, 0) is 163 Å². The van der Waals surface area contributed by atoms with Gasteiger partial charge in [0.15, 0.2) is 0 Å². The van der Waals surface area contributed by atoms with Crippen LogP contribution >= 0.6 is 0 Å². The number of aryl methyl sites for hydroxylation is 1. The molecule has 2 saturated heterocycles. The standard InChI is InChI=1S/C41H58N4O5/c1-28(2)43-21-12-30(13-22-43)32-11-20-42-37(24-32)45(38(47)31-5-8-35(9-6-31)50-39(48)44-25-34(46)26-44)27-40-14-17-41(18-15-40,19-16-40)33-7-10-36(49-4)29(3)23-33/h7,10-11,20,23-24,28,30-31,34-35,46H,5-6,8-9,12-19,21-22,25-27H2,1-4H3. The summed E-state index contributed by atoms with van der Waals surface area (Å²) in [5.74, 6) is 2.32. The third kappa shape index (κ3) is 7.14. The Morgan fingerprint density at radius 2 is 1.64 bits per heavy atom. The number of aromatic nitrogens is 1. The average molecular weight is 687 g/mol. The fraction of sp³-hybridized carbons (Fsp3) is 0.683. The molecule has 9 heteroatoms. The molecule has 50 heavy (non-hydrogen) atoms. The number of aliphatic hydroxyl groups excluding tert-OH is 1. The summed E-state index contributed by atoms with van der Waals surface area (Å²) in [5, 5.41) is 9.58. The molecule has 1 aromatic heterocycles. The molecule has 4 aliphatic carbocycles. The molecule has 3 heterocycles. The minimum absolute atomic E-state index is 0.0910. The second kappa shape index (κ2) is 14.5. The van der Waals surface area contributed by atoms with Gasteiger partial charge in [0.05, 0.1) is 26.3 Å². The number of carbonyl (C=O) groups excluding carboxylic acids is 2. The second-order valence-electron chi connectivity index (χ2n) is 16.7. The summed E-state index contributed by atoms with van der Waals surface area (Å²) >= 11 is 0. The smallest absolute Gasteiger partial charge is 0.410 e. The number of nitrogens with zero attached hydrogens (tertiary/aromatic N) is 4. The van der Waals surface area contributed by atoms with Crippen LogP contribution in [-0.2, 0) is 14.9 Å². The van der Waals surface area contributed by atoms with Gasteiger partial charge in [0, 0.05) is 24.7 Å². The number of amides is 2. The van der Waals surface area contributed by atoms with Crippen molar-refractivity contribution < 1.29 is 24.2 Å². The number of hydrogen-bond donors (Lipinski definition) is 1. The zero-order chi connectivity index (χ0) is 35.0. The maximum Gasteiger partial charge on any atom is 0.410 e. The Hall–Kier alpha value is -3.17. The van der Waals surface area contributed by atoms with Crippen LogP contribution in [0.5, 0.6) is 5.75 Å². The van der Waals surface area contributed by atoms with Crippen LogP contribution in [0.4, 0.5) is 10.6 Å². The lowest BCUT2D eigenvalue weighted by Gasteiger charge is -2.55. The van der Waals surface area contributed by atoms with E-state index in [2.05, 4.69) is 60.9 Å². The highest BCUT2D eigenvalue weighted by atomic mass is 16.6. The Kier molecular flexibility index (Phi) is 10.2. The SMILES string of the molecule is COc1ccc(C23CCC(CN(C(=O)C4CCC(OC(=O)N5CC(O)C5)CC4)c4cc(C5CCN(C(C)C)CC5)ccn4)(CC2)CC3)cc1C. The molecular weight excluding hydrogens is 628 g/mol. The molecule has 8 rings (SSSR count). The number of benzene rings is 1. The fourth-order valence-corrected chi connectivity index (χ4v) is 9.80. The van der Waals surface area contributed by atoms with E-state index in [4.69, 9.17) is 14.5 Å². The Morgan fingerprint density at radius 3 is 2.24 bits per heavy atom. The fourth-order valence-electron chi connectivity index (χ4n) is 9.80. The zero-order valence-electron chi connectivity index (χ0n) is 30.7. The highest BCUT2D eigenvalue weighted by Gasteiger charge is 2.51. The van der Waals surface area contributed by atoms with E-state index in [-0.39, 0.29) is 34.9 Å². The Balaban J connectivity index is 1.07. The third-order valence-corrected chi connectivity index (χ3v) is 13.4. The van der Waals surface area contributed by atoms with Gasteiger partial charge in [-0.2, -0.15) is 0 Å². The summed E-state index contributed by atoms with van der Waals surface area (Å²) in [7, 11) is 1.74. The highest BCUT2D eigenvalue weighted by molar-refractivity contribution is 5.94. The van der Waals surface area contributed by atoms with E-state index in [1.165, 1.54) is 16.7 Å². The molecule has 4 saturated carbocycles. The Labute approximate surface area is 298 Å². The van der Waals surface area contributed by atoms with Crippen LogP contribution in [0.3, 0.4) is 0 Å². The topological polar surface area (TPSA) is 95.4 Å². The number of piperidine rings is 1. The summed E-state index contributed by atoms with van der Waals surface area (Å²) in [4.78, 5) is 38.3. The number of anilines is 1. The number of hydrogen-bond acceptors (Lipinski definition) is 7. The first-order valence-electron chi connectivity index (χ1n) is 19.4. The zero-order valence-corrected chi connectivity index (χ0v) is 30.7. The van der Waals surface area contributed by atoms with E-state index >= 15 is 0 Å². The normalized spacial score (nSPS) is 29.1. The summed E-state index contributed by atoms with van der Waals surface area (Å²) in [6.07, 6.45) is 12.8. The van der Waals surface area contributed by atoms with E-state index in [1.54, 1.807) is 12.0 Å². The first-order valence-corrected chi connectivity index (χ1v) is 19.4. The Bertz CT molecular complexity index is 1500. The molecule has 2 bridgehead atoms. The first-order chi connectivity index (χ1) is 24.1. The van der Waals surface area contributed by atoms with Crippen LogP contribution in [0.2, 0.25) is 0 Å². The molecule has 2 aromatic rings. The number of ether oxygens (including phenoxy) is 2. The molecule has 1 N–H and O–H groups in total. The number of carbonyl (C=O) groups is 2. The van der Waals surface area contributed by atoms with Gasteiger partial charge >= 0.3 is 6.09 Å². The van der Waals surface area contributed by atoms with Crippen LogP contribution < -0.4 is 9.64 Å². The van der Waals surface area contributed by atoms with Crippen molar-refractivity contribution in [3.05, 3.63) is 53.2 Å². The van der Waals surface area contributed by atoms with Crippen molar-refractivity contribution in [3.63, 3.8) is 0 Å². The number of pyridine rings is 1. The molecule has 0 unspecified atom stereocenters. The van der Waals surface area contributed by atoms with Gasteiger partial charge in [0.2, 0.25) is 5.91 Å². The lowest BCUT2D eigenvalue weighted by molar-refractivity contribution is -0.124. The van der Waals surface area contributed by atoms with E-state index in [1.807, 2.05) is 6.20 Å². The van der Waals surface area contributed by atoms with E-state index in [9.17, 15) is 14.7 Å². The number of rotatable bonds is 9. The monoisotopic (exact) mass is 686 g/mol. The Morgan fingerprint density at radius 1 is 0.960 bits per heavy atom. The van der Waals surface area contributed by atoms with Crippen molar-refractivity contribution >= 4 is 17.8 Å². The predicted octanol–water partition coefficient (Wildman–Crippen LogP) is 6.98. The maximum atomic E-state index is 14.7. The number of likely N-dealkylation sites (tertiary alicyclic amines) is 2. The van der Waals surface area contributed by atoms with Crippen molar-refractivity contribution in [1.29, 1.82) is 0 Å². The third-order valence-electron chi connectivity index (χ3n) is 13.4. The van der Waals surface area contributed by atoms with Crippen molar-refractivity contribution in [2.75, 3.05) is 44.7 Å². The number of methoxy groups -OCH3 is 1. The minimum Gasteiger partial charge on any atom is -0.496 e. The lowest BCUT2D eigenvalue weighted by Crippen LogP contribution is -2.54. The second-order valence-corrected chi connectivity index (χ2v) is 16.7. The molecule has 0 radical (unpaired) electrons. The van der Waals surface area contributed by atoms with Crippen LogP contribution in [0.15, 0.2) is 36.5 Å². The largest absolute Gasteiger partial charge is 0.496 e. The van der Waals surface area contributed by atoms with Gasteiger partial charge in [-0.1, -0.05) is 12.1 Å². The van der Waals surface area contributed by atoms with Crippen LogP contribution in [0, 0.1) is 18.3 Å². The molecule has 272 valence electrons. The van der Waals surface area contributed by atoms with Crippen molar-refractivity contribution in [1.82, 2.24) is 14.8 Å². The maximum absolute atomic E-state index is 14.7. The summed E-state index contributed by atoms with van der Waals surface area (Å²) in [6, 6.07) is 11.7. The van der Waals surface area contributed by atoms with Gasteiger partial charge in [-0.25, -0.2) is 9.78 Å². The van der Waals surface area contributed by atoms with Gasteiger partial charge in [-0.3, -0.25) is 9.69 Å². The molecule has 6 fully saturated rings. The van der Waals surface area contributed by atoms with E-state index in [0.29, 0.717) is 50.7 Å². The molecule has 9 nitrogen and oxygen atoms in total. The summed E-state index contributed by atoms with van der Waals surface area (Å²) in [6.45, 7) is 10.3. The summed E-state index contributed by atoms with van der Waals surface area (Å²) in [5.41, 5.74) is 4.25. The quantitative estimate of drug-likeness (QED) is 0.304. The van der Waals surface area contributed by atoms with Crippen LogP contribution in [-0.4, -0.2) is 90.0 Å². The molecule has 6 aliphatic rings. The summed E-state index contributed by atoms with van der Waals surface area (Å²) < 4.78 is 11.3. The highest BCUT2D eigenvalue weighted by Crippen LogP contribution is 2.58. The molecule has 0 atom stereocenters. The van der Waals surface area contributed by atoms with E-state index < -0.39 is 6.10 Å². The average Bonchev–Trinajstić information content (AvgIpc) is 3.13. The van der Waals surface area contributed by atoms with Gasteiger partial charge in [0.25, 0.3) is 0 Å². The van der Waals surface area contributed by atoms with Crippen LogP contribution in [0.25, 0.3) is 0 Å². The molecule has 2 amide bonds. The minimum atomic E-state index is -0.447. The molecule has 0 spiro atoms. The molecular formula is C41H58N4O5. The first kappa shape index (κ1) is 35.2. The number of β-amino-alcohol motifs (C(OH)–C–C–N with tert-alkyl or cyclic N) is 1. The van der Waals surface area contributed by atoms with Crippen molar-refractivity contribution in [2.24, 2.45) is 11.3 Å². The van der Waals surface area contributed by atoms with E-state index in [0.717, 1.165) is 82.6 Å². The van der Waals surface area contributed by atoms with Gasteiger partial charge in [0.1, 0.15) is 17.7 Å². The van der Waals surface area contributed by atoms with Crippen molar-refractivity contribution in [2.45, 2.75) is 127 Å². The number of aliphatic hydroxyl groups is 1. The van der Waals surface area contributed by atoms with Gasteiger partial charge < -0.3 is 24.4 Å². The number of fused-ring (bicyclic) bond motifs is 3. The van der Waals surface area contributed by atoms with Crippen molar-refractivity contribution in [3.8, 4) is 5.75 Å². The predicted molar refractivity (Wildman–Crippen MR) is 195 cm³/mol.